The van der Waals surface area contributed by atoms with Crippen LogP contribution < -0.4 is 5.32 Å². The van der Waals surface area contributed by atoms with Gasteiger partial charge in [0.1, 0.15) is 0 Å². The van der Waals surface area contributed by atoms with Crippen molar-refractivity contribution in [1.29, 1.82) is 0 Å². The van der Waals surface area contributed by atoms with E-state index in [1.165, 1.54) is 0 Å². The molecule has 1 atom stereocenters. The molecule has 0 aliphatic heterocycles. The van der Waals surface area contributed by atoms with Crippen LogP contribution >= 0.6 is 0 Å². The molecule has 0 heterocycles. The predicted molar refractivity (Wildman–Crippen MR) is 55.1 cm³/mol. The highest BCUT2D eigenvalue weighted by Crippen LogP contribution is 2.04. The Labute approximate surface area is 85.6 Å². The van der Waals surface area contributed by atoms with E-state index >= 15 is 0 Å². The average Bonchev–Trinajstić information content (AvgIpc) is 2.00. The first-order valence-electron chi connectivity index (χ1n) is 5.03. The Morgan fingerprint density at radius 2 is 1.93 bits per heavy atom. The minimum atomic E-state index is -0.459. The van der Waals surface area contributed by atoms with Gasteiger partial charge in [0.15, 0.2) is 0 Å². The van der Waals surface area contributed by atoms with Crippen molar-refractivity contribution in [1.82, 2.24) is 5.32 Å². The summed E-state index contributed by atoms with van der Waals surface area (Å²) in [4.78, 5) is 11.2. The van der Waals surface area contributed by atoms with Crippen LogP contribution in [-0.2, 0) is 4.74 Å². The van der Waals surface area contributed by atoms with E-state index in [1.54, 1.807) is 13.8 Å². The topological polar surface area (TPSA) is 58.6 Å². The highest BCUT2D eigenvalue weighted by Gasteiger charge is 2.14. The zero-order valence-corrected chi connectivity index (χ0v) is 9.41. The number of alkyl carbamates (subject to hydrolysis) is 1. The van der Waals surface area contributed by atoms with Gasteiger partial charge in [-0.05, 0) is 26.2 Å². The van der Waals surface area contributed by atoms with Crippen molar-refractivity contribution in [2.24, 2.45) is 5.92 Å². The van der Waals surface area contributed by atoms with Crippen LogP contribution in [0.1, 0.15) is 34.1 Å². The summed E-state index contributed by atoms with van der Waals surface area (Å²) in [5.41, 5.74) is 0. The Kier molecular flexibility index (Phi) is 6.28. The first-order chi connectivity index (χ1) is 6.45. The van der Waals surface area contributed by atoms with Crippen LogP contribution in [0.5, 0.6) is 0 Å². The lowest BCUT2D eigenvalue weighted by Gasteiger charge is -2.18. The molecular weight excluding hydrogens is 182 g/mol. The van der Waals surface area contributed by atoms with Crippen LogP contribution in [0, 0.1) is 5.92 Å². The second-order valence-electron chi connectivity index (χ2n) is 4.11. The summed E-state index contributed by atoms with van der Waals surface area (Å²) in [6.07, 6.45) is 0.164. The molecule has 84 valence electrons. The number of carbonyl (C=O) groups excluding carboxylic acids is 1. The molecule has 1 unspecified atom stereocenters. The molecule has 0 saturated carbocycles. The summed E-state index contributed by atoms with van der Waals surface area (Å²) in [5.74, 6) is 0.437. The maximum absolute atomic E-state index is 11.2. The van der Waals surface area contributed by atoms with Gasteiger partial charge in [0.25, 0.3) is 0 Å². The highest BCUT2D eigenvalue weighted by molar-refractivity contribution is 5.67. The molecule has 2 N–H and O–H groups in total. The maximum Gasteiger partial charge on any atom is 0.407 e. The SMILES string of the molecule is CC(C)CC(CO)NC(=O)OC(C)C. The fourth-order valence-electron chi connectivity index (χ4n) is 1.16. The standard InChI is InChI=1S/C10H21NO3/c1-7(2)5-9(6-12)11-10(13)14-8(3)4/h7-9,12H,5-6H2,1-4H3,(H,11,13). The van der Waals surface area contributed by atoms with Crippen molar-refractivity contribution in [3.63, 3.8) is 0 Å². The Bertz CT molecular complexity index is 169. The molecule has 0 bridgehead atoms. The number of hydrogen-bond acceptors (Lipinski definition) is 3. The van der Waals surface area contributed by atoms with Crippen LogP contribution in [-0.4, -0.2) is 30.0 Å². The zero-order valence-electron chi connectivity index (χ0n) is 9.41. The monoisotopic (exact) mass is 203 g/mol. The minimum absolute atomic E-state index is 0.0502. The van der Waals surface area contributed by atoms with Gasteiger partial charge in [0.05, 0.1) is 18.8 Å². The molecule has 0 aromatic carbocycles. The largest absolute Gasteiger partial charge is 0.447 e. The normalized spacial score (nSPS) is 13.1. The molecule has 4 nitrogen and oxygen atoms in total. The highest BCUT2D eigenvalue weighted by atomic mass is 16.6. The van der Waals surface area contributed by atoms with Crippen LogP contribution in [0.25, 0.3) is 0 Å². The molecule has 0 radical (unpaired) electrons. The molecule has 1 amide bonds. The number of aliphatic hydroxyl groups excluding tert-OH is 1. The van der Waals surface area contributed by atoms with Gasteiger partial charge in [-0.1, -0.05) is 13.8 Å². The molecule has 0 spiro atoms. The van der Waals surface area contributed by atoms with Gasteiger partial charge in [-0.15, -0.1) is 0 Å². The molecule has 0 rings (SSSR count). The molecular formula is C10H21NO3. The third-order valence-electron chi connectivity index (χ3n) is 1.64. The fourth-order valence-corrected chi connectivity index (χ4v) is 1.16. The fraction of sp³-hybridized carbons (Fsp3) is 0.900. The summed E-state index contributed by atoms with van der Waals surface area (Å²) in [5, 5.41) is 11.6. The Hall–Kier alpha value is -0.770. The van der Waals surface area contributed by atoms with E-state index in [4.69, 9.17) is 9.84 Å². The first kappa shape index (κ1) is 13.2. The number of hydrogen-bond donors (Lipinski definition) is 2. The second-order valence-corrected chi connectivity index (χ2v) is 4.11. The van der Waals surface area contributed by atoms with Crippen molar-refractivity contribution in [2.75, 3.05) is 6.61 Å². The van der Waals surface area contributed by atoms with Crippen LogP contribution in [0.3, 0.4) is 0 Å². The molecule has 0 aromatic rings. The van der Waals surface area contributed by atoms with E-state index in [0.717, 1.165) is 6.42 Å². The van der Waals surface area contributed by atoms with Crippen LogP contribution in [0.4, 0.5) is 4.79 Å². The smallest absolute Gasteiger partial charge is 0.407 e. The van der Waals surface area contributed by atoms with E-state index in [1.807, 2.05) is 13.8 Å². The summed E-state index contributed by atoms with van der Waals surface area (Å²) >= 11 is 0. The quantitative estimate of drug-likeness (QED) is 0.712. The van der Waals surface area contributed by atoms with E-state index in [-0.39, 0.29) is 18.8 Å². The van der Waals surface area contributed by atoms with Crippen LogP contribution in [0.2, 0.25) is 0 Å². The van der Waals surface area contributed by atoms with Gasteiger partial charge in [0, 0.05) is 0 Å². The lowest BCUT2D eigenvalue weighted by molar-refractivity contribution is 0.105. The van der Waals surface area contributed by atoms with Crippen molar-refractivity contribution in [3.05, 3.63) is 0 Å². The van der Waals surface area contributed by atoms with Gasteiger partial charge in [0.2, 0.25) is 0 Å². The minimum Gasteiger partial charge on any atom is -0.447 e. The number of amides is 1. The average molecular weight is 203 g/mol. The lowest BCUT2D eigenvalue weighted by Crippen LogP contribution is -2.39. The Morgan fingerprint density at radius 1 is 1.36 bits per heavy atom. The van der Waals surface area contributed by atoms with Crippen molar-refractivity contribution in [2.45, 2.75) is 46.3 Å². The van der Waals surface area contributed by atoms with E-state index in [0.29, 0.717) is 5.92 Å². The Morgan fingerprint density at radius 3 is 2.29 bits per heavy atom. The first-order valence-corrected chi connectivity index (χ1v) is 5.03. The molecule has 14 heavy (non-hydrogen) atoms. The number of rotatable bonds is 5. The molecule has 0 saturated heterocycles. The number of nitrogens with one attached hydrogen (secondary N) is 1. The van der Waals surface area contributed by atoms with E-state index in [9.17, 15) is 4.79 Å². The molecule has 4 heteroatoms. The summed E-state index contributed by atoms with van der Waals surface area (Å²) < 4.78 is 4.90. The summed E-state index contributed by atoms with van der Waals surface area (Å²) in [7, 11) is 0. The number of carbonyl (C=O) groups is 1. The molecule has 0 aliphatic rings. The zero-order chi connectivity index (χ0) is 11.1. The third-order valence-corrected chi connectivity index (χ3v) is 1.64. The van der Waals surface area contributed by atoms with Crippen LogP contribution in [0.15, 0.2) is 0 Å². The lowest BCUT2D eigenvalue weighted by atomic mass is 10.0. The summed E-state index contributed by atoms with van der Waals surface area (Å²) in [6.45, 7) is 7.60. The van der Waals surface area contributed by atoms with Gasteiger partial charge in [-0.25, -0.2) is 4.79 Å². The van der Waals surface area contributed by atoms with E-state index < -0.39 is 6.09 Å². The van der Waals surface area contributed by atoms with E-state index in [2.05, 4.69) is 5.32 Å². The predicted octanol–water partition coefficient (Wildman–Crippen LogP) is 1.53. The van der Waals surface area contributed by atoms with Crippen molar-refractivity contribution in [3.8, 4) is 0 Å². The third kappa shape index (κ3) is 6.71. The molecule has 0 aromatic heterocycles. The van der Waals surface area contributed by atoms with Gasteiger partial charge in [-0.3, -0.25) is 0 Å². The molecule has 0 fully saturated rings. The Balaban J connectivity index is 3.86. The summed E-state index contributed by atoms with van der Waals surface area (Å²) in [6, 6.07) is -0.207. The number of ether oxygens (including phenoxy) is 1. The second kappa shape index (κ2) is 6.65. The van der Waals surface area contributed by atoms with Crippen molar-refractivity contribution >= 4 is 6.09 Å². The van der Waals surface area contributed by atoms with Gasteiger partial charge >= 0.3 is 6.09 Å². The van der Waals surface area contributed by atoms with Crippen molar-refractivity contribution < 1.29 is 14.6 Å². The molecule has 0 aliphatic carbocycles. The maximum atomic E-state index is 11.2. The number of aliphatic hydroxyl groups is 1. The van der Waals surface area contributed by atoms with Gasteiger partial charge < -0.3 is 15.2 Å². The van der Waals surface area contributed by atoms with Gasteiger partial charge in [-0.2, -0.15) is 0 Å².